The van der Waals surface area contributed by atoms with E-state index in [1.807, 2.05) is 0 Å². The van der Waals surface area contributed by atoms with Crippen molar-refractivity contribution in [2.24, 2.45) is 0 Å². The lowest BCUT2D eigenvalue weighted by atomic mass is 9.31. The van der Waals surface area contributed by atoms with Crippen LogP contribution in [0, 0.1) is 0 Å². The van der Waals surface area contributed by atoms with Gasteiger partial charge < -0.3 is 0 Å². The van der Waals surface area contributed by atoms with Gasteiger partial charge in [-0.2, -0.15) is 11.8 Å². The normalized spacial score (nSPS) is 22.1. The smallest absolute Gasteiger partial charge is 0.157 e. The zero-order valence-corrected chi connectivity index (χ0v) is 14.6. The summed E-state index contributed by atoms with van der Waals surface area (Å²) in [4.78, 5) is 0. The average Bonchev–Trinajstić information content (AvgIpc) is 2.53. The molecule has 0 atom stereocenters. The maximum Gasteiger partial charge on any atom is 0.157 e. The fourth-order valence-corrected chi connectivity index (χ4v) is 5.85. The van der Waals surface area contributed by atoms with Crippen molar-refractivity contribution >= 4 is 18.5 Å². The van der Waals surface area contributed by atoms with Crippen LogP contribution in [0.25, 0.3) is 0 Å². The third kappa shape index (κ3) is 5.66. The summed E-state index contributed by atoms with van der Waals surface area (Å²) in [6.45, 7) is 3.39. The first-order valence-corrected chi connectivity index (χ1v) is 10.6. The van der Waals surface area contributed by atoms with Gasteiger partial charge in [0.25, 0.3) is 0 Å². The van der Waals surface area contributed by atoms with E-state index in [9.17, 15) is 0 Å². The van der Waals surface area contributed by atoms with E-state index in [1.165, 1.54) is 69.2 Å². The molecule has 116 valence electrons. The summed E-state index contributed by atoms with van der Waals surface area (Å²) in [6.07, 6.45) is 19.6. The molecule has 0 amide bonds. The van der Waals surface area contributed by atoms with Gasteiger partial charge in [0.1, 0.15) is 0 Å². The summed E-state index contributed by atoms with van der Waals surface area (Å²) in [7, 11) is 0. The first-order chi connectivity index (χ1) is 9.92. The van der Waals surface area contributed by atoms with Crippen LogP contribution in [0.5, 0.6) is 0 Å². The summed E-state index contributed by atoms with van der Waals surface area (Å²) in [6, 6.07) is 0. The number of hydrogen-bond donors (Lipinski definition) is 0. The van der Waals surface area contributed by atoms with Gasteiger partial charge in [0, 0.05) is 0 Å². The van der Waals surface area contributed by atoms with E-state index in [4.69, 9.17) is 0 Å². The van der Waals surface area contributed by atoms with Crippen molar-refractivity contribution in [3.05, 3.63) is 0 Å². The largest absolute Gasteiger partial charge is 0.170 e. The van der Waals surface area contributed by atoms with Gasteiger partial charge in [-0.25, -0.2) is 0 Å². The molecule has 2 aliphatic rings. The molecule has 0 spiro atoms. The van der Waals surface area contributed by atoms with Crippen molar-refractivity contribution in [2.75, 3.05) is 11.4 Å². The first kappa shape index (κ1) is 16.8. The Labute approximate surface area is 132 Å². The van der Waals surface area contributed by atoms with E-state index in [0.29, 0.717) is 0 Å². The van der Waals surface area contributed by atoms with Crippen molar-refractivity contribution < 1.29 is 0 Å². The van der Waals surface area contributed by atoms with E-state index in [2.05, 4.69) is 18.7 Å². The lowest BCUT2D eigenvalue weighted by Crippen LogP contribution is -2.33. The van der Waals surface area contributed by atoms with Crippen molar-refractivity contribution in [3.63, 3.8) is 0 Å². The zero-order chi connectivity index (χ0) is 14.0. The van der Waals surface area contributed by atoms with Crippen LogP contribution < -0.4 is 0 Å². The molecule has 0 unspecified atom stereocenters. The fraction of sp³-hybridized carbons (Fsp3) is 1.00. The lowest BCUT2D eigenvalue weighted by molar-refractivity contribution is 0.462. The minimum absolute atomic E-state index is 1.07. The average molecular weight is 294 g/mol. The van der Waals surface area contributed by atoms with E-state index in [1.54, 1.807) is 25.7 Å². The molecule has 20 heavy (non-hydrogen) atoms. The Morgan fingerprint density at radius 1 is 0.800 bits per heavy atom. The van der Waals surface area contributed by atoms with Crippen LogP contribution in [0.3, 0.4) is 0 Å². The highest BCUT2D eigenvalue weighted by Gasteiger charge is 2.34. The van der Waals surface area contributed by atoms with E-state index in [-0.39, 0.29) is 0 Å². The van der Waals surface area contributed by atoms with Gasteiger partial charge in [-0.15, -0.1) is 0 Å². The van der Waals surface area contributed by atoms with Crippen LogP contribution in [0.1, 0.15) is 90.4 Å². The van der Waals surface area contributed by atoms with Gasteiger partial charge in [0.2, 0.25) is 0 Å². The van der Waals surface area contributed by atoms with Crippen molar-refractivity contribution in [2.45, 2.75) is 102 Å². The van der Waals surface area contributed by atoms with Gasteiger partial charge in [-0.1, -0.05) is 95.6 Å². The molecule has 0 radical (unpaired) electrons. The minimum atomic E-state index is 1.07. The third-order valence-electron chi connectivity index (χ3n) is 5.71. The van der Waals surface area contributed by atoms with Crippen molar-refractivity contribution in [1.82, 2.24) is 0 Å². The first-order valence-electron chi connectivity index (χ1n) is 9.49. The highest BCUT2D eigenvalue weighted by molar-refractivity contribution is 8.00. The lowest BCUT2D eigenvalue weighted by Gasteiger charge is -2.35. The van der Waals surface area contributed by atoms with E-state index in [0.717, 1.165) is 18.3 Å². The molecule has 2 heteroatoms. The van der Waals surface area contributed by atoms with Gasteiger partial charge in [-0.05, 0) is 17.8 Å². The quantitative estimate of drug-likeness (QED) is 0.358. The second-order valence-electron chi connectivity index (χ2n) is 7.24. The number of unbranched alkanes of at least 4 members (excludes halogenated alkanes) is 2. The van der Waals surface area contributed by atoms with Crippen LogP contribution in [-0.2, 0) is 0 Å². The predicted molar refractivity (Wildman–Crippen MR) is 96.3 cm³/mol. The van der Waals surface area contributed by atoms with E-state index < -0.39 is 0 Å². The summed E-state index contributed by atoms with van der Waals surface area (Å²) >= 11 is 2.29. The Bertz CT molecular complexity index is 214. The highest BCUT2D eigenvalue weighted by Crippen LogP contribution is 2.42. The monoisotopic (exact) mass is 294 g/mol. The summed E-state index contributed by atoms with van der Waals surface area (Å²) in [5.74, 6) is 3.60. The Morgan fingerprint density at radius 3 is 1.85 bits per heavy atom. The number of thioether (sulfide) groups is 1. The maximum atomic E-state index is 2.32. The molecular weight excluding hydrogens is 259 g/mol. The van der Waals surface area contributed by atoms with Gasteiger partial charge in [0.05, 0.1) is 0 Å². The summed E-state index contributed by atoms with van der Waals surface area (Å²) in [5, 5.41) is 0. The molecular formula is C18H35BS. The highest BCUT2D eigenvalue weighted by atomic mass is 32.2. The molecule has 0 aromatic carbocycles. The molecule has 2 rings (SSSR count). The maximum absolute atomic E-state index is 2.32. The van der Waals surface area contributed by atoms with Crippen LogP contribution in [0.2, 0.25) is 11.6 Å². The van der Waals surface area contributed by atoms with Crippen molar-refractivity contribution in [1.29, 1.82) is 0 Å². The zero-order valence-electron chi connectivity index (χ0n) is 13.7. The second-order valence-corrected chi connectivity index (χ2v) is 8.39. The Kier molecular flexibility index (Phi) is 8.55. The fourth-order valence-electron chi connectivity index (χ4n) is 4.46. The van der Waals surface area contributed by atoms with Crippen molar-refractivity contribution in [3.8, 4) is 0 Å². The molecule has 0 N–H and O–H groups in total. The molecule has 2 saturated carbocycles. The summed E-state index contributed by atoms with van der Waals surface area (Å²) in [5.41, 5.74) is 1.49. The van der Waals surface area contributed by atoms with Gasteiger partial charge in [0.15, 0.2) is 6.71 Å². The molecule has 0 heterocycles. The SMILES string of the molecule is CCCCCSCB(C1CCCCC1)C1CCCCC1. The minimum Gasteiger partial charge on any atom is -0.170 e. The molecule has 2 fully saturated rings. The number of rotatable bonds is 8. The van der Waals surface area contributed by atoms with Gasteiger partial charge in [-0.3, -0.25) is 0 Å². The van der Waals surface area contributed by atoms with Crippen LogP contribution >= 0.6 is 11.8 Å². The van der Waals surface area contributed by atoms with E-state index >= 15 is 0 Å². The van der Waals surface area contributed by atoms with Crippen LogP contribution in [-0.4, -0.2) is 18.1 Å². The molecule has 0 bridgehead atoms. The predicted octanol–water partition coefficient (Wildman–Crippen LogP) is 6.61. The molecule has 0 nitrogen and oxygen atoms in total. The molecule has 0 aromatic heterocycles. The Morgan fingerprint density at radius 2 is 1.35 bits per heavy atom. The Balaban J connectivity index is 1.78. The standard InChI is InChI=1S/C18H35BS/c1-2-3-10-15-20-16-19(17-11-6-4-7-12-17)18-13-8-5-9-14-18/h17-18H,2-16H2,1H3. The topological polar surface area (TPSA) is 0 Å². The number of hydrogen-bond acceptors (Lipinski definition) is 1. The van der Waals surface area contributed by atoms with Crippen LogP contribution in [0.4, 0.5) is 0 Å². The molecule has 2 aliphatic carbocycles. The second kappa shape index (κ2) is 10.2. The summed E-state index contributed by atoms with van der Waals surface area (Å²) < 4.78 is 0. The Hall–Kier alpha value is 0.415. The molecule has 0 saturated heterocycles. The van der Waals surface area contributed by atoms with Crippen LogP contribution in [0.15, 0.2) is 0 Å². The third-order valence-corrected chi connectivity index (χ3v) is 6.91. The molecule has 0 aliphatic heterocycles. The molecule has 0 aromatic rings. The van der Waals surface area contributed by atoms with Gasteiger partial charge >= 0.3 is 0 Å².